The molecule has 0 fully saturated rings. The summed E-state index contributed by atoms with van der Waals surface area (Å²) in [6.45, 7) is 4.67. The van der Waals surface area contributed by atoms with Crippen molar-refractivity contribution < 1.29 is 0 Å². The maximum absolute atomic E-state index is 2.48. The van der Waals surface area contributed by atoms with E-state index in [1.807, 2.05) is 0 Å². The Kier molecular flexibility index (Phi) is 4.00. The van der Waals surface area contributed by atoms with Crippen LogP contribution in [0.1, 0.15) is 43.4 Å². The van der Waals surface area contributed by atoms with Crippen molar-refractivity contribution in [2.45, 2.75) is 44.3 Å². The predicted molar refractivity (Wildman–Crippen MR) is 75.6 cm³/mol. The SMILES string of the molecule is CCC[SiH](CCC)C1C=Cc2ccccc21. The van der Waals surface area contributed by atoms with Gasteiger partial charge in [-0.05, 0) is 16.7 Å². The highest BCUT2D eigenvalue weighted by molar-refractivity contribution is 6.61. The van der Waals surface area contributed by atoms with Crippen LogP contribution in [0.15, 0.2) is 30.3 Å². The lowest BCUT2D eigenvalue weighted by Gasteiger charge is -2.21. The lowest BCUT2D eigenvalue weighted by Crippen LogP contribution is -2.20. The molecule has 0 radical (unpaired) electrons. The number of hydrogen-bond donors (Lipinski definition) is 0. The van der Waals surface area contributed by atoms with Crippen molar-refractivity contribution >= 4 is 14.9 Å². The molecule has 1 atom stereocenters. The van der Waals surface area contributed by atoms with E-state index < -0.39 is 8.80 Å². The molecule has 1 heteroatoms. The van der Waals surface area contributed by atoms with Crippen LogP contribution in [0, 0.1) is 0 Å². The van der Waals surface area contributed by atoms with E-state index >= 15 is 0 Å². The maximum atomic E-state index is 2.48. The molecule has 0 bridgehead atoms. The zero-order valence-corrected chi connectivity index (χ0v) is 11.6. The minimum Gasteiger partial charge on any atom is -0.0794 e. The first-order valence-corrected chi connectivity index (χ1v) is 8.94. The number of rotatable bonds is 5. The first-order valence-electron chi connectivity index (χ1n) is 6.64. The lowest BCUT2D eigenvalue weighted by atomic mass is 10.1. The first-order chi connectivity index (χ1) is 7.86. The molecule has 16 heavy (non-hydrogen) atoms. The van der Waals surface area contributed by atoms with Crippen LogP contribution in [0.3, 0.4) is 0 Å². The standard InChI is InChI=1S/C15H22Si/c1-3-11-16(12-4-2)15-10-9-13-7-5-6-8-14(13)15/h5-10,15-16H,3-4,11-12H2,1-2H3. The van der Waals surface area contributed by atoms with Crippen LogP contribution < -0.4 is 0 Å². The molecule has 1 aliphatic carbocycles. The Bertz CT molecular complexity index is 361. The summed E-state index contributed by atoms with van der Waals surface area (Å²) >= 11 is 0. The van der Waals surface area contributed by atoms with Crippen LogP contribution in [0.5, 0.6) is 0 Å². The predicted octanol–water partition coefficient (Wildman–Crippen LogP) is 4.38. The van der Waals surface area contributed by atoms with Crippen LogP contribution in [0.2, 0.25) is 12.1 Å². The van der Waals surface area contributed by atoms with Crippen molar-refractivity contribution in [3.05, 3.63) is 41.5 Å². The van der Waals surface area contributed by atoms with Gasteiger partial charge < -0.3 is 0 Å². The molecular formula is C15H22Si. The summed E-state index contributed by atoms with van der Waals surface area (Å²) in [4.78, 5) is 0. The van der Waals surface area contributed by atoms with E-state index in [1.54, 1.807) is 5.56 Å². The third-order valence-corrected chi connectivity index (χ3v) is 7.90. The zero-order valence-electron chi connectivity index (χ0n) is 10.4. The molecule has 1 aliphatic rings. The van der Waals surface area contributed by atoms with Crippen LogP contribution in [0.4, 0.5) is 0 Å². The second-order valence-electron chi connectivity index (χ2n) is 4.85. The van der Waals surface area contributed by atoms with Gasteiger partial charge >= 0.3 is 0 Å². The van der Waals surface area contributed by atoms with Gasteiger partial charge in [0.2, 0.25) is 0 Å². The van der Waals surface area contributed by atoms with Gasteiger partial charge in [-0.3, -0.25) is 0 Å². The third kappa shape index (κ3) is 2.30. The number of fused-ring (bicyclic) bond motifs is 1. The fourth-order valence-electron chi connectivity index (χ4n) is 2.93. The van der Waals surface area contributed by atoms with E-state index in [4.69, 9.17) is 0 Å². The Hall–Kier alpha value is -0.823. The molecule has 0 aliphatic heterocycles. The molecule has 0 heterocycles. The largest absolute Gasteiger partial charge is 0.0794 e. The topological polar surface area (TPSA) is 0 Å². The second-order valence-corrected chi connectivity index (χ2v) is 8.24. The summed E-state index contributed by atoms with van der Waals surface area (Å²) < 4.78 is 0. The zero-order chi connectivity index (χ0) is 11.4. The average Bonchev–Trinajstić information content (AvgIpc) is 2.72. The number of allylic oxidation sites excluding steroid dienone is 1. The van der Waals surface area contributed by atoms with Crippen molar-refractivity contribution in [2.75, 3.05) is 0 Å². The van der Waals surface area contributed by atoms with E-state index in [-0.39, 0.29) is 0 Å². The summed E-state index contributed by atoms with van der Waals surface area (Å²) in [5.41, 5.74) is 3.90. The maximum Gasteiger partial charge on any atom is 0.0497 e. The van der Waals surface area contributed by atoms with E-state index in [0.29, 0.717) is 0 Å². The Morgan fingerprint density at radius 3 is 2.44 bits per heavy atom. The number of hydrogen-bond acceptors (Lipinski definition) is 0. The molecular weight excluding hydrogens is 208 g/mol. The smallest absolute Gasteiger partial charge is 0.0497 e. The van der Waals surface area contributed by atoms with Crippen LogP contribution in [-0.4, -0.2) is 8.80 Å². The van der Waals surface area contributed by atoms with Crippen molar-refractivity contribution in [3.63, 3.8) is 0 Å². The highest BCUT2D eigenvalue weighted by atomic mass is 28.3. The molecule has 0 N–H and O–H groups in total. The van der Waals surface area contributed by atoms with Crippen LogP contribution in [0.25, 0.3) is 6.08 Å². The molecule has 0 spiro atoms. The van der Waals surface area contributed by atoms with Gasteiger partial charge in [0.05, 0.1) is 0 Å². The molecule has 1 unspecified atom stereocenters. The highest BCUT2D eigenvalue weighted by Crippen LogP contribution is 2.34. The fraction of sp³-hybridized carbons (Fsp3) is 0.467. The molecule has 0 amide bonds. The molecule has 0 aromatic heterocycles. The minimum absolute atomic E-state index is 0.610. The highest BCUT2D eigenvalue weighted by Gasteiger charge is 2.25. The third-order valence-electron chi connectivity index (χ3n) is 3.67. The molecule has 0 saturated heterocycles. The van der Waals surface area contributed by atoms with E-state index in [9.17, 15) is 0 Å². The van der Waals surface area contributed by atoms with Crippen molar-refractivity contribution in [1.29, 1.82) is 0 Å². The van der Waals surface area contributed by atoms with E-state index in [0.717, 1.165) is 5.54 Å². The fourth-order valence-corrected chi connectivity index (χ4v) is 6.66. The summed E-state index contributed by atoms with van der Waals surface area (Å²) in [6.07, 6.45) is 7.55. The molecule has 2 rings (SSSR count). The second kappa shape index (κ2) is 5.49. The van der Waals surface area contributed by atoms with Gasteiger partial charge in [-0.25, -0.2) is 0 Å². The molecule has 86 valence electrons. The molecule has 1 aromatic carbocycles. The van der Waals surface area contributed by atoms with Crippen LogP contribution >= 0.6 is 0 Å². The van der Waals surface area contributed by atoms with Gasteiger partial charge in [0.1, 0.15) is 0 Å². The molecule has 0 saturated carbocycles. The molecule has 0 nitrogen and oxygen atoms in total. The summed E-state index contributed by atoms with van der Waals surface area (Å²) in [7, 11) is -0.610. The van der Waals surface area contributed by atoms with Crippen LogP contribution in [-0.2, 0) is 0 Å². The van der Waals surface area contributed by atoms with Gasteiger partial charge in [-0.15, -0.1) is 0 Å². The van der Waals surface area contributed by atoms with E-state index in [2.05, 4.69) is 50.3 Å². The normalized spacial score (nSPS) is 18.1. The minimum atomic E-state index is -0.610. The summed E-state index contributed by atoms with van der Waals surface area (Å²) in [5, 5.41) is 0. The first kappa shape index (κ1) is 11.7. The lowest BCUT2D eigenvalue weighted by molar-refractivity contribution is 0.968. The average molecular weight is 230 g/mol. The van der Waals surface area contributed by atoms with Gasteiger partial charge in [-0.1, -0.05) is 75.2 Å². The Morgan fingerprint density at radius 2 is 1.75 bits per heavy atom. The quantitative estimate of drug-likeness (QED) is 0.658. The van der Waals surface area contributed by atoms with Gasteiger partial charge in [0, 0.05) is 8.80 Å². The Labute approximate surface area is 101 Å². The van der Waals surface area contributed by atoms with Gasteiger partial charge in [0.25, 0.3) is 0 Å². The number of benzene rings is 1. The van der Waals surface area contributed by atoms with E-state index in [1.165, 1.54) is 30.5 Å². The summed E-state index contributed by atoms with van der Waals surface area (Å²) in [5.74, 6) is 0. The summed E-state index contributed by atoms with van der Waals surface area (Å²) in [6, 6.07) is 11.9. The Balaban J connectivity index is 2.18. The van der Waals surface area contributed by atoms with Crippen molar-refractivity contribution in [3.8, 4) is 0 Å². The monoisotopic (exact) mass is 230 g/mol. The van der Waals surface area contributed by atoms with Crippen molar-refractivity contribution in [2.24, 2.45) is 0 Å². The Morgan fingerprint density at radius 1 is 1.06 bits per heavy atom. The van der Waals surface area contributed by atoms with Gasteiger partial charge in [-0.2, -0.15) is 0 Å². The van der Waals surface area contributed by atoms with Gasteiger partial charge in [0.15, 0.2) is 0 Å². The van der Waals surface area contributed by atoms with Crippen molar-refractivity contribution in [1.82, 2.24) is 0 Å². The molecule has 1 aromatic rings.